The fourth-order valence-electron chi connectivity index (χ4n) is 1.74. The fourth-order valence-corrected chi connectivity index (χ4v) is 1.74. The molecule has 0 aliphatic rings. The Morgan fingerprint density at radius 2 is 2.00 bits per heavy atom. The van der Waals surface area contributed by atoms with Crippen LogP contribution in [-0.4, -0.2) is 26.5 Å². The van der Waals surface area contributed by atoms with Crippen molar-refractivity contribution < 1.29 is 14.6 Å². The molecule has 0 fully saturated rings. The zero-order valence-electron chi connectivity index (χ0n) is 11.8. The van der Waals surface area contributed by atoms with Crippen LogP contribution in [0.3, 0.4) is 0 Å². The van der Waals surface area contributed by atoms with Crippen LogP contribution in [0.15, 0.2) is 36.5 Å². The van der Waals surface area contributed by atoms with Crippen molar-refractivity contribution in [3.8, 4) is 5.88 Å². The second-order valence-electron chi connectivity index (χ2n) is 5.22. The molecule has 2 aromatic rings. The molecule has 0 unspecified atom stereocenters. The molecular formula is C15H18N2O3. The van der Waals surface area contributed by atoms with Gasteiger partial charge in [0.2, 0.25) is 11.5 Å². The maximum absolute atomic E-state index is 11.1. The largest absolute Gasteiger partial charge is 0.478 e. The Bertz CT molecular complexity index is 603. The first kappa shape index (κ1) is 14.1. The van der Waals surface area contributed by atoms with E-state index >= 15 is 0 Å². The summed E-state index contributed by atoms with van der Waals surface area (Å²) in [6.45, 7) is 5.48. The maximum atomic E-state index is 11.1. The van der Waals surface area contributed by atoms with Gasteiger partial charge in [-0.3, -0.25) is 4.68 Å². The molecular weight excluding hydrogens is 256 g/mol. The molecule has 1 N–H and O–H groups in total. The van der Waals surface area contributed by atoms with Gasteiger partial charge in [-0.1, -0.05) is 30.3 Å². The summed E-state index contributed by atoms with van der Waals surface area (Å²) in [6, 6.07) is 9.92. The van der Waals surface area contributed by atoms with Crippen LogP contribution in [-0.2, 0) is 11.3 Å². The van der Waals surface area contributed by atoms with Crippen molar-refractivity contribution in [1.29, 1.82) is 0 Å². The smallest absolute Gasteiger partial charge is 0.347 e. The van der Waals surface area contributed by atoms with E-state index in [1.807, 2.05) is 43.5 Å². The lowest BCUT2D eigenvalue weighted by atomic mass is 10.1. The lowest BCUT2D eigenvalue weighted by Crippen LogP contribution is -2.38. The summed E-state index contributed by atoms with van der Waals surface area (Å²) in [4.78, 5) is 11.1. The highest BCUT2D eigenvalue weighted by atomic mass is 16.5. The Morgan fingerprint density at radius 3 is 2.60 bits per heavy atom. The molecule has 0 radical (unpaired) electrons. The Balaban J connectivity index is 2.16. The predicted octanol–water partition coefficient (Wildman–Crippen LogP) is 2.48. The predicted molar refractivity (Wildman–Crippen MR) is 74.9 cm³/mol. The van der Waals surface area contributed by atoms with Crippen molar-refractivity contribution in [2.75, 3.05) is 0 Å². The van der Waals surface area contributed by atoms with Crippen molar-refractivity contribution >= 4 is 5.97 Å². The van der Waals surface area contributed by atoms with Crippen molar-refractivity contribution in [2.45, 2.75) is 32.9 Å². The van der Waals surface area contributed by atoms with Crippen LogP contribution in [0.4, 0.5) is 0 Å². The number of carboxylic acids is 1. The van der Waals surface area contributed by atoms with Crippen LogP contribution in [0.1, 0.15) is 25.0 Å². The number of aryl methyl sites for hydroxylation is 1. The zero-order chi connectivity index (χ0) is 14.8. The lowest BCUT2D eigenvalue weighted by Gasteiger charge is -2.19. The molecule has 0 spiro atoms. The van der Waals surface area contributed by atoms with Crippen LogP contribution >= 0.6 is 0 Å². The minimum absolute atomic E-state index is 0.355. The molecule has 1 heterocycles. The summed E-state index contributed by atoms with van der Waals surface area (Å²) in [5, 5.41) is 13.4. The third-order valence-corrected chi connectivity index (χ3v) is 2.95. The van der Waals surface area contributed by atoms with Crippen molar-refractivity contribution in [2.24, 2.45) is 0 Å². The number of nitrogens with zero attached hydrogens (tertiary/aromatic N) is 2. The third kappa shape index (κ3) is 3.17. The summed E-state index contributed by atoms with van der Waals surface area (Å²) in [7, 11) is 0. The molecule has 0 atom stereocenters. The van der Waals surface area contributed by atoms with Gasteiger partial charge in [-0.15, -0.1) is 5.10 Å². The van der Waals surface area contributed by atoms with E-state index in [2.05, 4.69) is 5.10 Å². The first-order valence-electron chi connectivity index (χ1n) is 6.39. The van der Waals surface area contributed by atoms with Gasteiger partial charge in [0.05, 0.1) is 6.54 Å². The van der Waals surface area contributed by atoms with Crippen LogP contribution in [0.25, 0.3) is 0 Å². The van der Waals surface area contributed by atoms with Gasteiger partial charge < -0.3 is 9.84 Å². The van der Waals surface area contributed by atoms with Gasteiger partial charge >= 0.3 is 5.97 Å². The first-order chi connectivity index (χ1) is 9.38. The topological polar surface area (TPSA) is 64.4 Å². The average Bonchev–Trinajstić information content (AvgIpc) is 2.70. The third-order valence-electron chi connectivity index (χ3n) is 2.95. The normalized spacial score (nSPS) is 11.3. The number of aromatic nitrogens is 2. The summed E-state index contributed by atoms with van der Waals surface area (Å²) >= 11 is 0. The van der Waals surface area contributed by atoms with Crippen molar-refractivity contribution in [3.63, 3.8) is 0 Å². The Kier molecular flexibility index (Phi) is 3.79. The van der Waals surface area contributed by atoms with Crippen molar-refractivity contribution in [3.05, 3.63) is 47.7 Å². The van der Waals surface area contributed by atoms with Crippen molar-refractivity contribution in [1.82, 2.24) is 9.78 Å². The molecule has 106 valence electrons. The van der Waals surface area contributed by atoms with Crippen LogP contribution in [0.5, 0.6) is 5.88 Å². The van der Waals surface area contributed by atoms with Gasteiger partial charge in [0.25, 0.3) is 0 Å². The van der Waals surface area contributed by atoms with E-state index < -0.39 is 11.6 Å². The molecule has 0 saturated heterocycles. The van der Waals surface area contributed by atoms with E-state index in [9.17, 15) is 4.79 Å². The molecule has 20 heavy (non-hydrogen) atoms. The number of hydrogen-bond donors (Lipinski definition) is 1. The average molecular weight is 274 g/mol. The van der Waals surface area contributed by atoms with E-state index in [0.29, 0.717) is 12.4 Å². The molecule has 0 bridgehead atoms. The first-order valence-corrected chi connectivity index (χ1v) is 6.39. The van der Waals surface area contributed by atoms with E-state index in [1.165, 1.54) is 13.8 Å². The number of aliphatic carboxylic acids is 1. The monoisotopic (exact) mass is 274 g/mol. The second-order valence-corrected chi connectivity index (χ2v) is 5.22. The van der Waals surface area contributed by atoms with Gasteiger partial charge in [-0.05, 0) is 26.3 Å². The van der Waals surface area contributed by atoms with E-state index in [-0.39, 0.29) is 0 Å². The number of carbonyl (C=O) groups is 1. The van der Waals surface area contributed by atoms with Gasteiger partial charge in [0, 0.05) is 11.8 Å². The van der Waals surface area contributed by atoms with Gasteiger partial charge in [-0.25, -0.2) is 4.79 Å². The molecule has 2 rings (SSSR count). The highest BCUT2D eigenvalue weighted by Gasteiger charge is 2.31. The maximum Gasteiger partial charge on any atom is 0.347 e. The molecule has 0 saturated carbocycles. The number of benzene rings is 1. The number of ether oxygens (including phenoxy) is 1. The zero-order valence-corrected chi connectivity index (χ0v) is 11.8. The summed E-state index contributed by atoms with van der Waals surface area (Å²) in [5.41, 5.74) is 0.644. The second kappa shape index (κ2) is 5.36. The van der Waals surface area contributed by atoms with Gasteiger partial charge in [0.1, 0.15) is 0 Å². The molecule has 0 amide bonds. The lowest BCUT2D eigenvalue weighted by molar-refractivity contribution is -0.152. The van der Waals surface area contributed by atoms with Crippen LogP contribution in [0, 0.1) is 6.92 Å². The Labute approximate surface area is 117 Å². The number of carboxylic acid groups (broad SMARTS) is 1. The highest BCUT2D eigenvalue weighted by molar-refractivity contribution is 5.76. The summed E-state index contributed by atoms with van der Waals surface area (Å²) in [6.07, 6.45) is 1.85. The molecule has 5 nitrogen and oxygen atoms in total. The Morgan fingerprint density at radius 1 is 1.35 bits per heavy atom. The van der Waals surface area contributed by atoms with Gasteiger partial charge in [0.15, 0.2) is 0 Å². The number of hydrogen-bond acceptors (Lipinski definition) is 3. The minimum Gasteiger partial charge on any atom is -0.478 e. The van der Waals surface area contributed by atoms with Gasteiger partial charge in [-0.2, -0.15) is 0 Å². The molecule has 1 aromatic carbocycles. The highest BCUT2D eigenvalue weighted by Crippen LogP contribution is 2.21. The molecule has 5 heteroatoms. The molecule has 0 aliphatic carbocycles. The van der Waals surface area contributed by atoms with Crippen LogP contribution < -0.4 is 4.74 Å². The molecule has 1 aromatic heterocycles. The Hall–Kier alpha value is -2.30. The van der Waals surface area contributed by atoms with E-state index in [4.69, 9.17) is 9.84 Å². The summed E-state index contributed by atoms with van der Waals surface area (Å²) < 4.78 is 7.23. The minimum atomic E-state index is -1.29. The molecule has 0 aliphatic heterocycles. The number of rotatable bonds is 5. The van der Waals surface area contributed by atoms with E-state index in [1.54, 1.807) is 4.68 Å². The fraction of sp³-hybridized carbons (Fsp3) is 0.333. The van der Waals surface area contributed by atoms with Crippen LogP contribution in [0.2, 0.25) is 0 Å². The van der Waals surface area contributed by atoms with E-state index in [0.717, 1.165) is 11.1 Å². The quantitative estimate of drug-likeness (QED) is 0.909. The standard InChI is InChI=1S/C15H18N2O3/c1-11-9-17(10-12-7-5-4-6-8-12)16-13(11)20-15(2,3)14(18)19/h4-9H,10H2,1-3H3,(H,18,19). The SMILES string of the molecule is Cc1cn(Cc2ccccc2)nc1OC(C)(C)C(=O)O. The summed E-state index contributed by atoms with van der Waals surface area (Å²) in [5.74, 6) is -0.664.